The smallest absolute Gasteiger partial charge is 0.151 e. The predicted molar refractivity (Wildman–Crippen MR) is 81.8 cm³/mol. The molecule has 1 aliphatic heterocycles. The number of rotatable bonds is 3. The van der Waals surface area contributed by atoms with Crippen LogP contribution in [-0.2, 0) is 6.54 Å². The number of likely N-dealkylation sites (tertiary alicyclic amines) is 1. The number of hydrogen-bond donors (Lipinski definition) is 1. The second-order valence-corrected chi connectivity index (χ2v) is 5.33. The second kappa shape index (κ2) is 6.39. The fourth-order valence-corrected chi connectivity index (χ4v) is 2.47. The van der Waals surface area contributed by atoms with Gasteiger partial charge >= 0.3 is 0 Å². The molecule has 0 unspecified atom stereocenters. The lowest BCUT2D eigenvalue weighted by atomic mass is 10.1. The van der Waals surface area contributed by atoms with Gasteiger partial charge in [-0.2, -0.15) is 0 Å². The summed E-state index contributed by atoms with van der Waals surface area (Å²) in [6, 6.07) is 10.6. The Morgan fingerprint density at radius 1 is 1.35 bits per heavy atom. The van der Waals surface area contributed by atoms with Crippen molar-refractivity contribution in [1.29, 1.82) is 0 Å². The monoisotopic (exact) mass is 293 g/mol. The van der Waals surface area contributed by atoms with E-state index in [1.54, 1.807) is 0 Å². The topological polar surface area (TPSA) is 55.3 Å². The van der Waals surface area contributed by atoms with E-state index in [2.05, 4.69) is 41.2 Å². The molecular formula is C15H20ClN3O. The summed E-state index contributed by atoms with van der Waals surface area (Å²) < 4.78 is 5.41. The normalized spacial score (nSPS) is 19.0. The van der Waals surface area contributed by atoms with Gasteiger partial charge in [0.1, 0.15) is 5.69 Å². The molecule has 1 aliphatic rings. The van der Waals surface area contributed by atoms with Gasteiger partial charge in [0.25, 0.3) is 0 Å². The number of aryl methyl sites for hydroxylation is 1. The SMILES string of the molecule is Cc1ccc(-c2cc(CN3CC[C@@H](N)C3)on2)cc1.Cl. The van der Waals surface area contributed by atoms with Crippen molar-refractivity contribution in [2.75, 3.05) is 13.1 Å². The second-order valence-electron chi connectivity index (χ2n) is 5.33. The van der Waals surface area contributed by atoms with Gasteiger partial charge in [0.05, 0.1) is 6.54 Å². The molecule has 3 rings (SSSR count). The summed E-state index contributed by atoms with van der Waals surface area (Å²) in [4.78, 5) is 2.31. The maximum absolute atomic E-state index is 5.90. The molecule has 108 valence electrons. The van der Waals surface area contributed by atoms with E-state index in [9.17, 15) is 0 Å². The molecule has 20 heavy (non-hydrogen) atoms. The van der Waals surface area contributed by atoms with E-state index in [0.717, 1.165) is 43.1 Å². The fraction of sp³-hybridized carbons (Fsp3) is 0.400. The molecule has 0 saturated carbocycles. The summed E-state index contributed by atoms with van der Waals surface area (Å²) in [6.07, 6.45) is 1.07. The van der Waals surface area contributed by atoms with Crippen LogP contribution in [0.5, 0.6) is 0 Å². The highest BCUT2D eigenvalue weighted by atomic mass is 35.5. The zero-order chi connectivity index (χ0) is 13.2. The van der Waals surface area contributed by atoms with Crippen molar-refractivity contribution in [1.82, 2.24) is 10.1 Å². The number of halogens is 1. The average Bonchev–Trinajstić information content (AvgIpc) is 3.00. The lowest BCUT2D eigenvalue weighted by Crippen LogP contribution is -2.26. The highest BCUT2D eigenvalue weighted by Gasteiger charge is 2.20. The molecule has 1 aromatic carbocycles. The van der Waals surface area contributed by atoms with Crippen molar-refractivity contribution in [3.63, 3.8) is 0 Å². The van der Waals surface area contributed by atoms with Crippen LogP contribution in [0.4, 0.5) is 0 Å². The largest absolute Gasteiger partial charge is 0.359 e. The molecule has 1 fully saturated rings. The van der Waals surface area contributed by atoms with Gasteiger partial charge in [-0.15, -0.1) is 12.4 Å². The lowest BCUT2D eigenvalue weighted by Gasteiger charge is -2.11. The lowest BCUT2D eigenvalue weighted by molar-refractivity contribution is 0.272. The summed E-state index contributed by atoms with van der Waals surface area (Å²) in [5, 5.41) is 4.14. The van der Waals surface area contributed by atoms with Crippen molar-refractivity contribution in [2.45, 2.75) is 25.9 Å². The van der Waals surface area contributed by atoms with E-state index >= 15 is 0 Å². The van der Waals surface area contributed by atoms with Crippen LogP contribution in [0.2, 0.25) is 0 Å². The summed E-state index contributed by atoms with van der Waals surface area (Å²) in [5.74, 6) is 0.907. The minimum absolute atomic E-state index is 0. The first kappa shape index (κ1) is 15.0. The van der Waals surface area contributed by atoms with Gasteiger partial charge in [0, 0.05) is 30.8 Å². The maximum atomic E-state index is 5.90. The number of hydrogen-bond acceptors (Lipinski definition) is 4. The number of benzene rings is 1. The molecule has 0 spiro atoms. The average molecular weight is 294 g/mol. The van der Waals surface area contributed by atoms with Crippen molar-refractivity contribution >= 4 is 12.4 Å². The third-order valence-electron chi connectivity index (χ3n) is 3.59. The predicted octanol–water partition coefficient (Wildman–Crippen LogP) is 2.60. The first-order valence-corrected chi connectivity index (χ1v) is 6.71. The van der Waals surface area contributed by atoms with E-state index < -0.39 is 0 Å². The van der Waals surface area contributed by atoms with E-state index in [-0.39, 0.29) is 12.4 Å². The maximum Gasteiger partial charge on any atom is 0.151 e. The van der Waals surface area contributed by atoms with E-state index in [4.69, 9.17) is 10.3 Å². The highest BCUT2D eigenvalue weighted by Crippen LogP contribution is 2.21. The van der Waals surface area contributed by atoms with Crippen molar-refractivity contribution < 1.29 is 4.52 Å². The molecular weight excluding hydrogens is 274 g/mol. The zero-order valence-electron chi connectivity index (χ0n) is 11.6. The van der Waals surface area contributed by atoms with Crippen LogP contribution >= 0.6 is 12.4 Å². The van der Waals surface area contributed by atoms with E-state index in [1.807, 2.05) is 6.07 Å². The van der Waals surface area contributed by atoms with Crippen LogP contribution in [0.25, 0.3) is 11.3 Å². The Bertz CT molecular complexity index is 553. The Morgan fingerprint density at radius 3 is 2.75 bits per heavy atom. The van der Waals surface area contributed by atoms with Gasteiger partial charge in [-0.05, 0) is 13.3 Å². The molecule has 0 bridgehead atoms. The first-order chi connectivity index (χ1) is 9.20. The van der Waals surface area contributed by atoms with Gasteiger partial charge in [-0.25, -0.2) is 0 Å². The number of nitrogens with two attached hydrogens (primary N) is 1. The standard InChI is InChI=1S/C15H19N3O.ClH/c1-11-2-4-12(5-3-11)15-8-14(19-17-15)10-18-7-6-13(16)9-18;/h2-5,8,13H,6-7,9-10,16H2,1H3;1H/t13-;/m1./s1. The molecule has 5 heteroatoms. The molecule has 2 N–H and O–H groups in total. The summed E-state index contributed by atoms with van der Waals surface area (Å²) in [7, 11) is 0. The van der Waals surface area contributed by atoms with Crippen LogP contribution in [-0.4, -0.2) is 29.2 Å². The van der Waals surface area contributed by atoms with E-state index in [1.165, 1.54) is 5.56 Å². The van der Waals surface area contributed by atoms with Gasteiger partial charge in [0.15, 0.2) is 5.76 Å². The minimum Gasteiger partial charge on any atom is -0.359 e. The summed E-state index contributed by atoms with van der Waals surface area (Å²) in [6.45, 7) is 4.86. The summed E-state index contributed by atoms with van der Waals surface area (Å²) >= 11 is 0. The highest BCUT2D eigenvalue weighted by molar-refractivity contribution is 5.85. The van der Waals surface area contributed by atoms with Gasteiger partial charge in [0.2, 0.25) is 0 Å². The van der Waals surface area contributed by atoms with Gasteiger partial charge in [-0.1, -0.05) is 35.0 Å². The Hall–Kier alpha value is -1.36. The minimum atomic E-state index is 0. The van der Waals surface area contributed by atoms with Crippen LogP contribution in [0.3, 0.4) is 0 Å². The van der Waals surface area contributed by atoms with Crippen LogP contribution in [0.1, 0.15) is 17.7 Å². The number of aromatic nitrogens is 1. The Balaban J connectivity index is 0.00000147. The van der Waals surface area contributed by atoms with Crippen molar-refractivity contribution in [3.8, 4) is 11.3 Å². The molecule has 1 aromatic heterocycles. The summed E-state index contributed by atoms with van der Waals surface area (Å²) in [5.41, 5.74) is 9.15. The number of nitrogens with zero attached hydrogens (tertiary/aromatic N) is 2. The molecule has 1 saturated heterocycles. The first-order valence-electron chi connectivity index (χ1n) is 6.71. The third-order valence-corrected chi connectivity index (χ3v) is 3.59. The quantitative estimate of drug-likeness (QED) is 0.945. The van der Waals surface area contributed by atoms with Gasteiger partial charge in [-0.3, -0.25) is 4.90 Å². The van der Waals surface area contributed by atoms with Crippen molar-refractivity contribution in [2.24, 2.45) is 5.73 Å². The molecule has 2 heterocycles. The molecule has 0 amide bonds. The molecule has 0 aliphatic carbocycles. The molecule has 2 aromatic rings. The molecule has 4 nitrogen and oxygen atoms in total. The zero-order valence-corrected chi connectivity index (χ0v) is 12.4. The van der Waals surface area contributed by atoms with Crippen LogP contribution in [0.15, 0.2) is 34.9 Å². The van der Waals surface area contributed by atoms with Gasteiger partial charge < -0.3 is 10.3 Å². The van der Waals surface area contributed by atoms with Crippen LogP contribution in [0, 0.1) is 6.92 Å². The van der Waals surface area contributed by atoms with Crippen LogP contribution < -0.4 is 5.73 Å². The fourth-order valence-electron chi connectivity index (χ4n) is 2.47. The Morgan fingerprint density at radius 2 is 2.10 bits per heavy atom. The van der Waals surface area contributed by atoms with E-state index in [0.29, 0.717) is 6.04 Å². The Labute approximate surface area is 125 Å². The molecule has 0 radical (unpaired) electrons. The van der Waals surface area contributed by atoms with Crippen molar-refractivity contribution in [3.05, 3.63) is 41.7 Å². The third kappa shape index (κ3) is 3.39. The molecule has 1 atom stereocenters. The Kier molecular flexibility index (Phi) is 4.81.